The number of ether oxygens (including phenoxy) is 1. The monoisotopic (exact) mass is 497 g/mol. The topological polar surface area (TPSA) is 75.0 Å². The summed E-state index contributed by atoms with van der Waals surface area (Å²) in [5.41, 5.74) is -1.65. The van der Waals surface area contributed by atoms with E-state index in [4.69, 9.17) is 4.74 Å². The van der Waals surface area contributed by atoms with Crippen LogP contribution in [0.15, 0.2) is 59.7 Å². The maximum Gasteiger partial charge on any atom is 0.438 e. The minimum atomic E-state index is -5.07. The number of hydrogen-bond acceptors (Lipinski definition) is 5. The number of halogens is 3. The number of alkyl halides is 3. The van der Waals surface area contributed by atoms with Crippen LogP contribution in [0.1, 0.15) is 49.4 Å². The Hall–Kier alpha value is -3.46. The van der Waals surface area contributed by atoms with E-state index < -0.39 is 24.2 Å². The van der Waals surface area contributed by atoms with Gasteiger partial charge in [-0.15, -0.1) is 0 Å². The van der Waals surface area contributed by atoms with Crippen molar-refractivity contribution in [3.8, 4) is 17.0 Å². The minimum absolute atomic E-state index is 0.0117. The first-order chi connectivity index (χ1) is 17.2. The predicted octanol–water partition coefficient (Wildman–Crippen LogP) is 5.94. The second-order valence-corrected chi connectivity index (χ2v) is 9.27. The van der Waals surface area contributed by atoms with Crippen LogP contribution in [0.3, 0.4) is 0 Å². The Kier molecular flexibility index (Phi) is 6.20. The van der Waals surface area contributed by atoms with E-state index in [1.54, 1.807) is 48.5 Å². The molecule has 36 heavy (non-hydrogen) atoms. The Labute approximate surface area is 206 Å². The van der Waals surface area contributed by atoms with E-state index in [2.05, 4.69) is 17.0 Å². The molecule has 188 valence electrons. The van der Waals surface area contributed by atoms with E-state index in [1.165, 1.54) is 6.07 Å². The van der Waals surface area contributed by atoms with E-state index in [0.29, 0.717) is 47.4 Å². The molecule has 9 heteroatoms. The molecule has 0 unspecified atom stereocenters. The quantitative estimate of drug-likeness (QED) is 0.410. The zero-order valence-electron chi connectivity index (χ0n) is 19.8. The average molecular weight is 498 g/mol. The molecule has 2 aliphatic rings. The second kappa shape index (κ2) is 9.20. The predicted molar refractivity (Wildman–Crippen MR) is 130 cm³/mol. The maximum absolute atomic E-state index is 14.0. The lowest BCUT2D eigenvalue weighted by atomic mass is 10.0. The standard InChI is InChI=1S/C27H26F3N3O3/c1-2-3-14-36-19-12-10-17(11-13-19)23-15-21(20-6-4-5-7-22(20)31-23)25(34)33-26(35,27(28,29)30)16-24(32-33)18-8-9-18/h4-7,10-13,15,18,35H,2-3,8-9,14,16H2,1H3/t26-/m1/s1. The third-order valence-electron chi connectivity index (χ3n) is 6.56. The van der Waals surface area contributed by atoms with E-state index in [9.17, 15) is 23.1 Å². The molecule has 0 radical (unpaired) electrons. The van der Waals surface area contributed by atoms with Gasteiger partial charge in [0.05, 0.1) is 23.4 Å². The number of benzene rings is 2. The van der Waals surface area contributed by atoms with Crippen LogP contribution < -0.4 is 4.74 Å². The summed E-state index contributed by atoms with van der Waals surface area (Å²) in [4.78, 5) is 18.2. The summed E-state index contributed by atoms with van der Waals surface area (Å²) in [5.74, 6) is -0.456. The first-order valence-corrected chi connectivity index (χ1v) is 12.1. The van der Waals surface area contributed by atoms with Crippen molar-refractivity contribution in [3.63, 3.8) is 0 Å². The normalized spacial score (nSPS) is 20.0. The molecule has 1 aromatic heterocycles. The first-order valence-electron chi connectivity index (χ1n) is 12.1. The van der Waals surface area contributed by atoms with Gasteiger partial charge < -0.3 is 9.84 Å². The van der Waals surface area contributed by atoms with Crippen molar-refractivity contribution in [2.24, 2.45) is 11.0 Å². The molecule has 1 fully saturated rings. The van der Waals surface area contributed by atoms with Gasteiger partial charge in [0, 0.05) is 23.1 Å². The van der Waals surface area contributed by atoms with Gasteiger partial charge in [-0.25, -0.2) is 4.98 Å². The van der Waals surface area contributed by atoms with Gasteiger partial charge in [-0.3, -0.25) is 4.79 Å². The van der Waals surface area contributed by atoms with Crippen molar-refractivity contribution in [1.82, 2.24) is 9.99 Å². The number of para-hydroxylation sites is 1. The Morgan fingerprint density at radius 3 is 2.56 bits per heavy atom. The number of pyridine rings is 1. The second-order valence-electron chi connectivity index (χ2n) is 9.27. The molecule has 2 aromatic carbocycles. The molecule has 5 rings (SSSR count). The van der Waals surface area contributed by atoms with Gasteiger partial charge in [-0.2, -0.15) is 23.3 Å². The molecule has 3 aromatic rings. The van der Waals surface area contributed by atoms with Gasteiger partial charge >= 0.3 is 6.18 Å². The van der Waals surface area contributed by atoms with Gasteiger partial charge in [0.1, 0.15) is 5.75 Å². The Bertz CT molecular complexity index is 1320. The Balaban J connectivity index is 1.55. The average Bonchev–Trinajstić information content (AvgIpc) is 3.65. The van der Waals surface area contributed by atoms with E-state index in [1.807, 2.05) is 0 Å². The van der Waals surface area contributed by atoms with E-state index in [-0.39, 0.29) is 22.2 Å². The number of amides is 1. The summed E-state index contributed by atoms with van der Waals surface area (Å²) in [7, 11) is 0. The zero-order valence-corrected chi connectivity index (χ0v) is 19.8. The summed E-state index contributed by atoms with van der Waals surface area (Å²) in [6.07, 6.45) is -2.44. The molecule has 1 N–H and O–H groups in total. The highest BCUT2D eigenvalue weighted by atomic mass is 19.4. The number of carbonyl (C=O) groups is 1. The molecular weight excluding hydrogens is 471 g/mol. The highest BCUT2D eigenvalue weighted by Gasteiger charge is 2.64. The van der Waals surface area contributed by atoms with Gasteiger partial charge in [0.15, 0.2) is 0 Å². The van der Waals surface area contributed by atoms with Gasteiger partial charge in [-0.05, 0) is 61.6 Å². The molecule has 1 aliphatic carbocycles. The number of nitrogens with zero attached hydrogens (tertiary/aromatic N) is 3. The zero-order chi connectivity index (χ0) is 25.5. The summed E-state index contributed by atoms with van der Waals surface area (Å²) >= 11 is 0. The van der Waals surface area contributed by atoms with Crippen LogP contribution in [-0.4, -0.2) is 45.2 Å². The fourth-order valence-corrected chi connectivity index (χ4v) is 4.32. The molecule has 2 heterocycles. The third-order valence-corrected chi connectivity index (χ3v) is 6.56. The molecule has 1 saturated carbocycles. The molecule has 0 bridgehead atoms. The largest absolute Gasteiger partial charge is 0.494 e. The number of aliphatic hydroxyl groups is 1. The lowest BCUT2D eigenvalue weighted by Crippen LogP contribution is -2.56. The summed E-state index contributed by atoms with van der Waals surface area (Å²) in [5, 5.41) is 15.3. The fourth-order valence-electron chi connectivity index (χ4n) is 4.32. The number of hydrazone groups is 1. The minimum Gasteiger partial charge on any atom is -0.494 e. The van der Waals surface area contributed by atoms with Crippen LogP contribution in [0, 0.1) is 5.92 Å². The Morgan fingerprint density at radius 2 is 1.89 bits per heavy atom. The van der Waals surface area contributed by atoms with Crippen molar-refractivity contribution >= 4 is 22.5 Å². The van der Waals surface area contributed by atoms with Crippen LogP contribution in [0.5, 0.6) is 5.75 Å². The van der Waals surface area contributed by atoms with Crippen molar-refractivity contribution in [1.29, 1.82) is 0 Å². The number of unbranched alkanes of at least 4 members (excludes halogenated alkanes) is 1. The van der Waals surface area contributed by atoms with Crippen LogP contribution in [0.2, 0.25) is 0 Å². The molecule has 1 amide bonds. The summed E-state index contributed by atoms with van der Waals surface area (Å²) in [6, 6.07) is 15.4. The first kappa shape index (κ1) is 24.2. The summed E-state index contributed by atoms with van der Waals surface area (Å²) < 4.78 is 47.7. The number of fused-ring (bicyclic) bond motifs is 1. The summed E-state index contributed by atoms with van der Waals surface area (Å²) in [6.45, 7) is 2.68. The molecular formula is C27H26F3N3O3. The molecule has 1 aliphatic heterocycles. The molecule has 6 nitrogen and oxygen atoms in total. The van der Waals surface area contributed by atoms with Gasteiger partial charge in [0.25, 0.3) is 11.6 Å². The van der Waals surface area contributed by atoms with Crippen LogP contribution in [0.25, 0.3) is 22.2 Å². The number of aromatic nitrogens is 1. The van der Waals surface area contributed by atoms with Crippen LogP contribution in [0.4, 0.5) is 13.2 Å². The lowest BCUT2D eigenvalue weighted by Gasteiger charge is -2.32. The van der Waals surface area contributed by atoms with Crippen LogP contribution in [-0.2, 0) is 0 Å². The van der Waals surface area contributed by atoms with Gasteiger partial charge in [0.2, 0.25) is 0 Å². The SMILES string of the molecule is CCCCOc1ccc(-c2cc(C(=O)N3N=C(C4CC4)C[C@@]3(O)C(F)(F)F)c3ccccc3n2)cc1. The van der Waals surface area contributed by atoms with E-state index in [0.717, 1.165) is 12.8 Å². The van der Waals surface area contributed by atoms with Crippen molar-refractivity contribution < 1.29 is 27.8 Å². The highest BCUT2D eigenvalue weighted by Crippen LogP contribution is 2.46. The third kappa shape index (κ3) is 4.43. The van der Waals surface area contributed by atoms with Crippen molar-refractivity contribution in [2.45, 2.75) is 50.9 Å². The van der Waals surface area contributed by atoms with E-state index >= 15 is 0 Å². The fraction of sp³-hybridized carbons (Fsp3) is 0.370. The molecule has 0 spiro atoms. The molecule has 1 atom stereocenters. The number of hydrogen-bond donors (Lipinski definition) is 1. The number of carbonyl (C=O) groups excluding carboxylic acids is 1. The smallest absolute Gasteiger partial charge is 0.438 e. The van der Waals surface area contributed by atoms with Gasteiger partial charge in [-0.1, -0.05) is 31.5 Å². The van der Waals surface area contributed by atoms with Crippen molar-refractivity contribution in [3.05, 3.63) is 60.2 Å². The molecule has 0 saturated heterocycles. The van der Waals surface area contributed by atoms with Crippen LogP contribution >= 0.6 is 0 Å². The highest BCUT2D eigenvalue weighted by molar-refractivity contribution is 6.08. The maximum atomic E-state index is 14.0. The van der Waals surface area contributed by atoms with Crippen molar-refractivity contribution in [2.75, 3.05) is 6.61 Å². The number of rotatable bonds is 7. The Morgan fingerprint density at radius 1 is 1.17 bits per heavy atom. The lowest BCUT2D eigenvalue weighted by molar-refractivity contribution is -0.297.